The molecule has 7 nitrogen and oxygen atoms in total. The number of carboxylic acids is 1. The number of hydrogen-bond acceptors (Lipinski definition) is 6. The van der Waals surface area contributed by atoms with Crippen molar-refractivity contribution < 1.29 is 9.90 Å². The van der Waals surface area contributed by atoms with Crippen LogP contribution in [0.2, 0.25) is 5.02 Å². The Balaban J connectivity index is 1.83. The summed E-state index contributed by atoms with van der Waals surface area (Å²) in [5.74, 6) is -0.217. The van der Waals surface area contributed by atoms with Crippen molar-refractivity contribution in [3.63, 3.8) is 0 Å². The van der Waals surface area contributed by atoms with Gasteiger partial charge in [0.15, 0.2) is 0 Å². The topological polar surface area (TPSA) is 100 Å². The number of nitrogens with zero attached hydrogens (tertiary/aromatic N) is 3. The fourth-order valence-corrected chi connectivity index (χ4v) is 2.34. The molecule has 3 N–H and O–H groups in total. The highest BCUT2D eigenvalue weighted by Crippen LogP contribution is 2.20. The first-order valence-electron chi connectivity index (χ1n) is 7.84. The Kier molecular flexibility index (Phi) is 5.60. The summed E-state index contributed by atoms with van der Waals surface area (Å²) in [6.07, 6.45) is 1.67. The molecule has 132 valence electrons. The molecule has 0 aliphatic heterocycles. The molecule has 2 aromatic heterocycles. The van der Waals surface area contributed by atoms with Crippen molar-refractivity contribution in [2.45, 2.75) is 6.54 Å². The number of halogens is 1. The molecule has 3 rings (SSSR count). The first kappa shape index (κ1) is 17.6. The quantitative estimate of drug-likeness (QED) is 0.587. The number of carboxylic acid groups (broad SMARTS) is 1. The van der Waals surface area contributed by atoms with Crippen LogP contribution in [-0.2, 0) is 11.3 Å². The minimum atomic E-state index is -0.993. The number of carbonyl (C=O) groups is 1. The second-order valence-corrected chi connectivity index (χ2v) is 5.84. The summed E-state index contributed by atoms with van der Waals surface area (Å²) in [6, 6.07) is 14.7. The third-order valence-electron chi connectivity index (χ3n) is 3.44. The van der Waals surface area contributed by atoms with E-state index in [-0.39, 0.29) is 12.5 Å². The molecular weight excluding hydrogens is 354 g/mol. The number of benzene rings is 1. The maximum atomic E-state index is 10.8. The summed E-state index contributed by atoms with van der Waals surface area (Å²) in [7, 11) is 0. The van der Waals surface area contributed by atoms with Crippen molar-refractivity contribution >= 4 is 29.3 Å². The summed E-state index contributed by atoms with van der Waals surface area (Å²) in [4.78, 5) is 23.7. The van der Waals surface area contributed by atoms with Gasteiger partial charge in [0.1, 0.15) is 12.4 Å². The van der Waals surface area contributed by atoms with Crippen LogP contribution in [0.15, 0.2) is 54.7 Å². The largest absolute Gasteiger partial charge is 0.480 e. The van der Waals surface area contributed by atoms with Gasteiger partial charge in [-0.1, -0.05) is 29.8 Å². The molecule has 0 aliphatic rings. The average Bonchev–Trinajstić information content (AvgIpc) is 2.66. The van der Waals surface area contributed by atoms with Crippen LogP contribution >= 0.6 is 11.6 Å². The zero-order chi connectivity index (χ0) is 18.4. The highest BCUT2D eigenvalue weighted by molar-refractivity contribution is 6.30. The third-order valence-corrected chi connectivity index (χ3v) is 3.69. The Morgan fingerprint density at radius 3 is 2.54 bits per heavy atom. The standard InChI is InChI=1S/C18H16ClN5O2/c19-13-6-4-12(5-7-13)10-21-16-9-15(14-3-1-2-8-20-14)23-18(24-16)22-11-17(25)26/h1-9H,10-11H2,(H,25,26)(H2,21,22,23,24). The molecule has 0 unspecified atom stereocenters. The van der Waals surface area contributed by atoms with E-state index in [1.54, 1.807) is 12.3 Å². The van der Waals surface area contributed by atoms with Gasteiger partial charge in [-0.15, -0.1) is 0 Å². The van der Waals surface area contributed by atoms with Crippen molar-refractivity contribution in [3.05, 3.63) is 65.3 Å². The number of nitrogens with one attached hydrogen (secondary N) is 2. The Bertz CT molecular complexity index is 888. The lowest BCUT2D eigenvalue weighted by Crippen LogP contribution is -2.15. The van der Waals surface area contributed by atoms with Gasteiger partial charge in [0, 0.05) is 23.8 Å². The van der Waals surface area contributed by atoms with Crippen molar-refractivity contribution in [3.8, 4) is 11.4 Å². The molecular formula is C18H16ClN5O2. The SMILES string of the molecule is O=C(O)CNc1nc(NCc2ccc(Cl)cc2)cc(-c2ccccn2)n1. The van der Waals surface area contributed by atoms with E-state index in [2.05, 4.69) is 25.6 Å². The van der Waals surface area contributed by atoms with Gasteiger partial charge in [0.25, 0.3) is 0 Å². The van der Waals surface area contributed by atoms with Gasteiger partial charge in [-0.25, -0.2) is 4.98 Å². The van der Waals surface area contributed by atoms with E-state index in [0.29, 0.717) is 28.8 Å². The minimum absolute atomic E-state index is 0.217. The van der Waals surface area contributed by atoms with Crippen molar-refractivity contribution in [2.75, 3.05) is 17.2 Å². The summed E-state index contributed by atoms with van der Waals surface area (Å²) in [5, 5.41) is 15.4. The summed E-state index contributed by atoms with van der Waals surface area (Å²) >= 11 is 5.89. The number of anilines is 2. The van der Waals surface area contributed by atoms with Crippen molar-refractivity contribution in [1.82, 2.24) is 15.0 Å². The van der Waals surface area contributed by atoms with Gasteiger partial charge in [0.2, 0.25) is 5.95 Å². The Hall–Kier alpha value is -3.19. The van der Waals surface area contributed by atoms with E-state index in [1.807, 2.05) is 42.5 Å². The first-order valence-corrected chi connectivity index (χ1v) is 8.22. The van der Waals surface area contributed by atoms with Gasteiger partial charge in [-0.2, -0.15) is 4.98 Å². The predicted octanol–water partition coefficient (Wildman–Crippen LogP) is 3.30. The molecule has 0 fully saturated rings. The molecule has 0 saturated heterocycles. The maximum Gasteiger partial charge on any atom is 0.322 e. The van der Waals surface area contributed by atoms with E-state index in [9.17, 15) is 4.79 Å². The molecule has 0 radical (unpaired) electrons. The zero-order valence-corrected chi connectivity index (χ0v) is 14.4. The van der Waals surface area contributed by atoms with Crippen LogP contribution in [0.3, 0.4) is 0 Å². The highest BCUT2D eigenvalue weighted by Gasteiger charge is 2.09. The molecule has 0 amide bonds. The summed E-state index contributed by atoms with van der Waals surface area (Å²) in [6.45, 7) is 0.260. The second-order valence-electron chi connectivity index (χ2n) is 5.40. The van der Waals surface area contributed by atoms with Crippen LogP contribution in [-0.4, -0.2) is 32.6 Å². The van der Waals surface area contributed by atoms with Crippen LogP contribution in [0, 0.1) is 0 Å². The minimum Gasteiger partial charge on any atom is -0.480 e. The van der Waals surface area contributed by atoms with Crippen LogP contribution in [0.5, 0.6) is 0 Å². The Morgan fingerprint density at radius 1 is 1.04 bits per heavy atom. The Morgan fingerprint density at radius 2 is 1.85 bits per heavy atom. The average molecular weight is 370 g/mol. The number of hydrogen-bond donors (Lipinski definition) is 3. The van der Waals surface area contributed by atoms with Gasteiger partial charge in [-0.3, -0.25) is 9.78 Å². The van der Waals surface area contributed by atoms with Crippen LogP contribution in [0.25, 0.3) is 11.4 Å². The molecule has 0 bridgehead atoms. The lowest BCUT2D eigenvalue weighted by molar-refractivity contribution is -0.134. The summed E-state index contributed by atoms with van der Waals surface area (Å²) < 4.78 is 0. The fraction of sp³-hybridized carbons (Fsp3) is 0.111. The molecule has 0 aliphatic carbocycles. The number of rotatable bonds is 7. The monoisotopic (exact) mass is 369 g/mol. The van der Waals surface area contributed by atoms with Gasteiger partial charge in [0.05, 0.1) is 11.4 Å². The molecule has 1 aromatic carbocycles. The maximum absolute atomic E-state index is 10.8. The third kappa shape index (κ3) is 4.90. The molecule has 26 heavy (non-hydrogen) atoms. The summed E-state index contributed by atoms with van der Waals surface area (Å²) in [5.41, 5.74) is 2.29. The van der Waals surface area contributed by atoms with Crippen LogP contribution in [0.1, 0.15) is 5.56 Å². The highest BCUT2D eigenvalue weighted by atomic mass is 35.5. The van der Waals surface area contributed by atoms with E-state index in [0.717, 1.165) is 5.56 Å². The van der Waals surface area contributed by atoms with Gasteiger partial charge < -0.3 is 15.7 Å². The van der Waals surface area contributed by atoms with Gasteiger partial charge in [-0.05, 0) is 29.8 Å². The second kappa shape index (κ2) is 8.26. The number of aromatic nitrogens is 3. The molecule has 3 aromatic rings. The number of pyridine rings is 1. The van der Waals surface area contributed by atoms with Gasteiger partial charge >= 0.3 is 5.97 Å². The molecule has 0 atom stereocenters. The first-order chi connectivity index (χ1) is 12.6. The molecule has 0 saturated carbocycles. The van der Waals surface area contributed by atoms with E-state index in [1.165, 1.54) is 0 Å². The van der Waals surface area contributed by atoms with E-state index >= 15 is 0 Å². The van der Waals surface area contributed by atoms with E-state index < -0.39 is 5.97 Å². The van der Waals surface area contributed by atoms with Crippen LogP contribution < -0.4 is 10.6 Å². The lowest BCUT2D eigenvalue weighted by atomic mass is 10.2. The fourth-order valence-electron chi connectivity index (χ4n) is 2.21. The van der Waals surface area contributed by atoms with Crippen LogP contribution in [0.4, 0.5) is 11.8 Å². The van der Waals surface area contributed by atoms with Crippen molar-refractivity contribution in [1.29, 1.82) is 0 Å². The van der Waals surface area contributed by atoms with Crippen molar-refractivity contribution in [2.24, 2.45) is 0 Å². The smallest absolute Gasteiger partial charge is 0.322 e. The Labute approximate surface area is 155 Å². The lowest BCUT2D eigenvalue weighted by Gasteiger charge is -2.10. The zero-order valence-electron chi connectivity index (χ0n) is 13.7. The van der Waals surface area contributed by atoms with E-state index in [4.69, 9.17) is 16.7 Å². The molecule has 2 heterocycles. The number of aliphatic carboxylic acids is 1. The normalized spacial score (nSPS) is 10.3. The molecule has 8 heteroatoms. The molecule has 0 spiro atoms. The predicted molar refractivity (Wildman–Crippen MR) is 100 cm³/mol.